The monoisotopic (exact) mass is 143 g/mol. The van der Waals surface area contributed by atoms with Gasteiger partial charge in [0.2, 0.25) is 0 Å². The minimum Gasteiger partial charge on any atom is -0.484 e. The molecule has 0 saturated heterocycles. The maximum atomic E-state index is 7.38. The summed E-state index contributed by atoms with van der Waals surface area (Å²) in [7, 11) is 1.55. The van der Waals surface area contributed by atoms with E-state index in [2.05, 4.69) is 20.8 Å². The highest BCUT2D eigenvalue weighted by atomic mass is 16.5. The fourth-order valence-corrected chi connectivity index (χ4v) is 0.570. The second kappa shape index (κ2) is 3.04. The van der Waals surface area contributed by atoms with Gasteiger partial charge < -0.3 is 4.74 Å². The van der Waals surface area contributed by atoms with E-state index in [9.17, 15) is 0 Å². The third-order valence-electron chi connectivity index (χ3n) is 1.91. The highest BCUT2D eigenvalue weighted by molar-refractivity contribution is 5.75. The molecular weight excluding hydrogens is 126 g/mol. The summed E-state index contributed by atoms with van der Waals surface area (Å²) in [6, 6.07) is 0. The van der Waals surface area contributed by atoms with E-state index in [0.29, 0.717) is 5.90 Å². The molecule has 0 aliphatic heterocycles. The van der Waals surface area contributed by atoms with Crippen molar-refractivity contribution in [2.75, 3.05) is 7.11 Å². The predicted molar refractivity (Wildman–Crippen MR) is 43.4 cm³/mol. The molecule has 10 heavy (non-hydrogen) atoms. The van der Waals surface area contributed by atoms with Crippen molar-refractivity contribution in [2.24, 2.45) is 11.3 Å². The molecule has 0 spiro atoms. The van der Waals surface area contributed by atoms with Crippen LogP contribution < -0.4 is 0 Å². The Balaban J connectivity index is 4.08. The summed E-state index contributed by atoms with van der Waals surface area (Å²) < 4.78 is 4.82. The number of methoxy groups -OCH3 is 1. The number of ether oxygens (including phenoxy) is 1. The van der Waals surface area contributed by atoms with Crippen LogP contribution >= 0.6 is 0 Å². The largest absolute Gasteiger partial charge is 0.484 e. The molecule has 1 unspecified atom stereocenters. The molecule has 2 nitrogen and oxygen atoms in total. The van der Waals surface area contributed by atoms with Crippen molar-refractivity contribution in [3.63, 3.8) is 0 Å². The Morgan fingerprint density at radius 3 is 1.90 bits per heavy atom. The Bertz CT molecular complexity index is 124. The molecule has 0 aliphatic carbocycles. The van der Waals surface area contributed by atoms with Gasteiger partial charge in [-0.05, 0) is 5.41 Å². The minimum absolute atomic E-state index is 0.132. The van der Waals surface area contributed by atoms with Crippen LogP contribution in [-0.2, 0) is 4.74 Å². The first-order chi connectivity index (χ1) is 4.39. The molecule has 0 aromatic heterocycles. The third-order valence-corrected chi connectivity index (χ3v) is 1.91. The van der Waals surface area contributed by atoms with Crippen LogP contribution in [0.2, 0.25) is 0 Å². The van der Waals surface area contributed by atoms with Crippen LogP contribution in [-0.4, -0.2) is 13.0 Å². The summed E-state index contributed by atoms with van der Waals surface area (Å²) in [5.41, 5.74) is 0.132. The Hall–Kier alpha value is -0.530. The van der Waals surface area contributed by atoms with E-state index in [0.717, 1.165) is 0 Å². The van der Waals surface area contributed by atoms with Crippen LogP contribution in [0.25, 0.3) is 0 Å². The molecule has 0 rings (SSSR count). The Kier molecular flexibility index (Phi) is 2.88. The normalized spacial score (nSPS) is 14.5. The lowest BCUT2D eigenvalue weighted by atomic mass is 9.82. The lowest BCUT2D eigenvalue weighted by Crippen LogP contribution is -2.26. The average Bonchev–Trinajstić information content (AvgIpc) is 1.83. The number of hydrogen-bond donors (Lipinski definition) is 1. The van der Waals surface area contributed by atoms with Crippen LogP contribution in [0.15, 0.2) is 0 Å². The zero-order valence-corrected chi connectivity index (χ0v) is 7.49. The van der Waals surface area contributed by atoms with Crippen molar-refractivity contribution in [3.05, 3.63) is 0 Å². The summed E-state index contributed by atoms with van der Waals surface area (Å²) in [5.74, 6) is 0.560. The van der Waals surface area contributed by atoms with Gasteiger partial charge in [-0.2, -0.15) is 0 Å². The molecular formula is C8H17NO. The van der Waals surface area contributed by atoms with Gasteiger partial charge in [-0.25, -0.2) is 0 Å². The predicted octanol–water partition coefficient (Wildman–Crippen LogP) is 2.29. The Morgan fingerprint density at radius 2 is 1.80 bits per heavy atom. The van der Waals surface area contributed by atoms with E-state index in [4.69, 9.17) is 10.1 Å². The van der Waals surface area contributed by atoms with E-state index < -0.39 is 0 Å². The quantitative estimate of drug-likeness (QED) is 0.443. The van der Waals surface area contributed by atoms with Gasteiger partial charge >= 0.3 is 0 Å². The van der Waals surface area contributed by atoms with E-state index >= 15 is 0 Å². The first-order valence-electron chi connectivity index (χ1n) is 3.52. The van der Waals surface area contributed by atoms with Crippen molar-refractivity contribution < 1.29 is 4.74 Å². The topological polar surface area (TPSA) is 33.1 Å². The van der Waals surface area contributed by atoms with Gasteiger partial charge in [-0.1, -0.05) is 27.7 Å². The highest BCUT2D eigenvalue weighted by Crippen LogP contribution is 2.25. The van der Waals surface area contributed by atoms with Crippen LogP contribution in [0.4, 0.5) is 0 Å². The molecule has 0 heterocycles. The third kappa shape index (κ3) is 2.38. The summed E-state index contributed by atoms with van der Waals surface area (Å²) in [6.45, 7) is 8.31. The molecule has 1 atom stereocenters. The molecule has 1 N–H and O–H groups in total. The summed E-state index contributed by atoms with van der Waals surface area (Å²) in [4.78, 5) is 0. The summed E-state index contributed by atoms with van der Waals surface area (Å²) in [6.07, 6.45) is 0. The van der Waals surface area contributed by atoms with Crippen LogP contribution in [0.3, 0.4) is 0 Å². The molecule has 0 bridgehead atoms. The molecule has 0 amide bonds. The van der Waals surface area contributed by atoms with E-state index in [1.165, 1.54) is 0 Å². The van der Waals surface area contributed by atoms with Crippen molar-refractivity contribution in [2.45, 2.75) is 27.7 Å². The lowest BCUT2D eigenvalue weighted by molar-refractivity contribution is 0.269. The standard InChI is InChI=1S/C8H17NO/c1-6(7(9)10-5)8(2,3)4/h6,9H,1-5H3. The first-order valence-corrected chi connectivity index (χ1v) is 3.52. The van der Waals surface area contributed by atoms with Gasteiger partial charge in [0.25, 0.3) is 0 Å². The molecule has 0 aromatic carbocycles. The molecule has 0 saturated carbocycles. The molecule has 60 valence electrons. The first kappa shape index (κ1) is 9.47. The van der Waals surface area contributed by atoms with Crippen molar-refractivity contribution >= 4 is 5.90 Å². The van der Waals surface area contributed by atoms with E-state index in [1.807, 2.05) is 6.92 Å². The summed E-state index contributed by atoms with van der Waals surface area (Å²) in [5, 5.41) is 7.38. The average molecular weight is 143 g/mol. The van der Waals surface area contributed by atoms with Crippen LogP contribution in [0.5, 0.6) is 0 Å². The molecule has 2 heteroatoms. The van der Waals surface area contributed by atoms with Gasteiger partial charge in [0.1, 0.15) is 0 Å². The second-order valence-electron chi connectivity index (χ2n) is 3.66. The maximum absolute atomic E-state index is 7.38. The molecule has 0 aliphatic rings. The highest BCUT2D eigenvalue weighted by Gasteiger charge is 2.24. The Labute approximate surface area is 63.1 Å². The molecule has 0 aromatic rings. The Morgan fingerprint density at radius 1 is 1.40 bits per heavy atom. The number of rotatable bonds is 1. The minimum atomic E-state index is 0.132. The van der Waals surface area contributed by atoms with Crippen molar-refractivity contribution in [1.82, 2.24) is 0 Å². The fourth-order valence-electron chi connectivity index (χ4n) is 0.570. The molecule has 0 fully saturated rings. The second-order valence-corrected chi connectivity index (χ2v) is 3.66. The van der Waals surface area contributed by atoms with Crippen LogP contribution in [0.1, 0.15) is 27.7 Å². The SMILES string of the molecule is COC(=N)C(C)C(C)(C)C. The van der Waals surface area contributed by atoms with Crippen molar-refractivity contribution in [3.8, 4) is 0 Å². The van der Waals surface area contributed by atoms with Gasteiger partial charge in [-0.3, -0.25) is 5.41 Å². The fraction of sp³-hybridized carbons (Fsp3) is 0.875. The lowest BCUT2D eigenvalue weighted by Gasteiger charge is -2.26. The number of nitrogens with one attached hydrogen (secondary N) is 1. The van der Waals surface area contributed by atoms with Gasteiger partial charge in [0.15, 0.2) is 5.90 Å². The summed E-state index contributed by atoms with van der Waals surface area (Å²) >= 11 is 0. The van der Waals surface area contributed by atoms with E-state index in [-0.39, 0.29) is 11.3 Å². The smallest absolute Gasteiger partial charge is 0.183 e. The maximum Gasteiger partial charge on any atom is 0.183 e. The van der Waals surface area contributed by atoms with Gasteiger partial charge in [0, 0.05) is 5.92 Å². The zero-order chi connectivity index (χ0) is 8.36. The van der Waals surface area contributed by atoms with E-state index in [1.54, 1.807) is 7.11 Å². The van der Waals surface area contributed by atoms with Gasteiger partial charge in [-0.15, -0.1) is 0 Å². The van der Waals surface area contributed by atoms with Crippen molar-refractivity contribution in [1.29, 1.82) is 5.41 Å². The van der Waals surface area contributed by atoms with Crippen LogP contribution in [0, 0.1) is 16.7 Å². The zero-order valence-electron chi connectivity index (χ0n) is 7.49. The van der Waals surface area contributed by atoms with Gasteiger partial charge in [0.05, 0.1) is 7.11 Å². The molecule has 0 radical (unpaired) electrons. The number of hydrogen-bond acceptors (Lipinski definition) is 2.